The molecule has 0 saturated heterocycles. The predicted molar refractivity (Wildman–Crippen MR) is 63.3 cm³/mol. The summed E-state index contributed by atoms with van der Waals surface area (Å²) in [5.41, 5.74) is 1.31. The highest BCUT2D eigenvalue weighted by Gasteiger charge is 2.01. The van der Waals surface area contributed by atoms with Crippen molar-refractivity contribution in [3.63, 3.8) is 0 Å². The van der Waals surface area contributed by atoms with Crippen LogP contribution < -0.4 is 0 Å². The number of hydrogen-bond donors (Lipinski definition) is 1. The highest BCUT2D eigenvalue weighted by atomic mass is 32.2. The van der Waals surface area contributed by atoms with E-state index in [1.54, 1.807) is 0 Å². The second-order valence-electron chi connectivity index (χ2n) is 3.92. The van der Waals surface area contributed by atoms with Crippen LogP contribution in [-0.4, -0.2) is 16.8 Å². The van der Waals surface area contributed by atoms with Crippen LogP contribution in [-0.2, 0) is 11.2 Å². The normalized spacial score (nSPS) is 10.6. The van der Waals surface area contributed by atoms with Crippen LogP contribution in [0, 0.1) is 5.92 Å². The Hall–Kier alpha value is -0.960. The number of carboxylic acids is 1. The topological polar surface area (TPSA) is 37.3 Å². The fourth-order valence-electron chi connectivity index (χ4n) is 1.34. The Labute approximate surface area is 94.7 Å². The van der Waals surface area contributed by atoms with Gasteiger partial charge < -0.3 is 5.11 Å². The van der Waals surface area contributed by atoms with Gasteiger partial charge in [0.1, 0.15) is 0 Å². The van der Waals surface area contributed by atoms with Gasteiger partial charge in [-0.3, -0.25) is 4.79 Å². The Morgan fingerprint density at radius 3 is 2.40 bits per heavy atom. The van der Waals surface area contributed by atoms with Crippen molar-refractivity contribution in [1.82, 2.24) is 0 Å². The van der Waals surface area contributed by atoms with Gasteiger partial charge in [-0.15, -0.1) is 11.8 Å². The zero-order valence-corrected chi connectivity index (χ0v) is 9.88. The zero-order valence-electron chi connectivity index (χ0n) is 9.06. The second-order valence-corrected chi connectivity index (χ2v) is 4.97. The van der Waals surface area contributed by atoms with Gasteiger partial charge in [-0.05, 0) is 30.0 Å². The van der Waals surface area contributed by atoms with Crippen molar-refractivity contribution < 1.29 is 9.90 Å². The van der Waals surface area contributed by atoms with Crippen molar-refractivity contribution in [2.24, 2.45) is 5.92 Å². The average Bonchev–Trinajstić information content (AvgIpc) is 2.16. The van der Waals surface area contributed by atoms with Gasteiger partial charge in [-0.2, -0.15) is 0 Å². The first-order valence-electron chi connectivity index (χ1n) is 5.01. The molecule has 0 radical (unpaired) electrons. The minimum atomic E-state index is -0.772. The van der Waals surface area contributed by atoms with E-state index in [1.807, 2.05) is 12.1 Å². The Morgan fingerprint density at radius 2 is 1.93 bits per heavy atom. The standard InChI is InChI=1S/C12H16O2S/c1-9(2)7-10-3-5-11(6-4-10)15-8-12(13)14/h3-6,9H,7-8H2,1-2H3,(H,13,14). The van der Waals surface area contributed by atoms with Gasteiger partial charge >= 0.3 is 5.97 Å². The lowest BCUT2D eigenvalue weighted by Crippen LogP contribution is -1.97. The molecule has 82 valence electrons. The number of benzene rings is 1. The van der Waals surface area contributed by atoms with Crippen LogP contribution in [0.2, 0.25) is 0 Å². The van der Waals surface area contributed by atoms with Gasteiger partial charge in [0.2, 0.25) is 0 Å². The predicted octanol–water partition coefficient (Wildman–Crippen LogP) is 3.06. The summed E-state index contributed by atoms with van der Waals surface area (Å²) in [5.74, 6) is 0.0116. The molecule has 0 saturated carbocycles. The van der Waals surface area contributed by atoms with Crippen molar-refractivity contribution >= 4 is 17.7 Å². The molecule has 0 amide bonds. The van der Waals surface area contributed by atoms with Crippen LogP contribution in [0.3, 0.4) is 0 Å². The fraction of sp³-hybridized carbons (Fsp3) is 0.417. The first kappa shape index (κ1) is 12.1. The lowest BCUT2D eigenvalue weighted by Gasteiger charge is -2.05. The van der Waals surface area contributed by atoms with Gasteiger partial charge in [0.05, 0.1) is 5.75 Å². The molecule has 0 aliphatic rings. The monoisotopic (exact) mass is 224 g/mol. The maximum Gasteiger partial charge on any atom is 0.313 e. The molecule has 15 heavy (non-hydrogen) atoms. The molecule has 0 aliphatic heterocycles. The Bertz CT molecular complexity index is 317. The Morgan fingerprint density at radius 1 is 1.33 bits per heavy atom. The Balaban J connectivity index is 2.52. The third-order valence-electron chi connectivity index (χ3n) is 1.93. The van der Waals surface area contributed by atoms with Gasteiger partial charge in [-0.25, -0.2) is 0 Å². The van der Waals surface area contributed by atoms with E-state index >= 15 is 0 Å². The first-order chi connectivity index (χ1) is 7.08. The van der Waals surface area contributed by atoms with Crippen LogP contribution in [0.15, 0.2) is 29.2 Å². The molecule has 0 unspecified atom stereocenters. The van der Waals surface area contributed by atoms with Crippen molar-refractivity contribution in [1.29, 1.82) is 0 Å². The molecule has 2 nitrogen and oxygen atoms in total. The molecular weight excluding hydrogens is 208 g/mol. The van der Waals surface area contributed by atoms with Gasteiger partial charge in [0, 0.05) is 4.90 Å². The van der Waals surface area contributed by atoms with E-state index < -0.39 is 5.97 Å². The molecule has 1 N–H and O–H groups in total. The molecule has 0 atom stereocenters. The largest absolute Gasteiger partial charge is 0.481 e. The molecule has 0 bridgehead atoms. The molecule has 0 fully saturated rings. The average molecular weight is 224 g/mol. The number of thioether (sulfide) groups is 1. The maximum atomic E-state index is 10.4. The highest BCUT2D eigenvalue weighted by Crippen LogP contribution is 2.19. The summed E-state index contributed by atoms with van der Waals surface area (Å²) in [4.78, 5) is 11.4. The van der Waals surface area contributed by atoms with Crippen molar-refractivity contribution in [2.75, 3.05) is 5.75 Å². The van der Waals surface area contributed by atoms with Crippen molar-refractivity contribution in [3.05, 3.63) is 29.8 Å². The molecule has 0 spiro atoms. The summed E-state index contributed by atoms with van der Waals surface area (Å²) >= 11 is 1.36. The third-order valence-corrected chi connectivity index (χ3v) is 2.93. The molecule has 1 aromatic carbocycles. The molecule has 3 heteroatoms. The fourth-order valence-corrected chi connectivity index (χ4v) is 1.96. The van der Waals surface area contributed by atoms with E-state index in [1.165, 1.54) is 17.3 Å². The van der Waals surface area contributed by atoms with Crippen molar-refractivity contribution in [2.45, 2.75) is 25.2 Å². The molecule has 0 aromatic heterocycles. The van der Waals surface area contributed by atoms with Crippen molar-refractivity contribution in [3.8, 4) is 0 Å². The van der Waals surface area contributed by atoms with Gasteiger partial charge in [-0.1, -0.05) is 26.0 Å². The zero-order chi connectivity index (χ0) is 11.3. The number of hydrogen-bond acceptors (Lipinski definition) is 2. The third kappa shape index (κ3) is 4.88. The van der Waals surface area contributed by atoms with Crippen LogP contribution >= 0.6 is 11.8 Å². The van der Waals surface area contributed by atoms with Crippen LogP contribution in [0.25, 0.3) is 0 Å². The number of rotatable bonds is 5. The maximum absolute atomic E-state index is 10.4. The van der Waals surface area contributed by atoms with E-state index in [4.69, 9.17) is 5.11 Å². The SMILES string of the molecule is CC(C)Cc1ccc(SCC(=O)O)cc1. The molecule has 1 aromatic rings. The quantitative estimate of drug-likeness (QED) is 0.781. The molecule has 1 rings (SSSR count). The summed E-state index contributed by atoms with van der Waals surface area (Å²) in [6, 6.07) is 8.13. The summed E-state index contributed by atoms with van der Waals surface area (Å²) in [5, 5.41) is 8.53. The molecule has 0 heterocycles. The second kappa shape index (κ2) is 5.81. The van der Waals surface area contributed by atoms with Crippen LogP contribution in [0.4, 0.5) is 0 Å². The van der Waals surface area contributed by atoms with E-state index in [0.717, 1.165) is 11.3 Å². The number of aliphatic carboxylic acids is 1. The van der Waals surface area contributed by atoms with E-state index in [2.05, 4.69) is 26.0 Å². The van der Waals surface area contributed by atoms with Crippen LogP contribution in [0.1, 0.15) is 19.4 Å². The van der Waals surface area contributed by atoms with E-state index in [9.17, 15) is 4.79 Å². The smallest absolute Gasteiger partial charge is 0.313 e. The summed E-state index contributed by atoms with van der Waals surface area (Å²) in [6.07, 6.45) is 1.07. The lowest BCUT2D eigenvalue weighted by atomic mass is 10.0. The lowest BCUT2D eigenvalue weighted by molar-refractivity contribution is -0.133. The number of carboxylic acid groups (broad SMARTS) is 1. The summed E-state index contributed by atoms with van der Waals surface area (Å²) < 4.78 is 0. The van der Waals surface area contributed by atoms with Gasteiger partial charge in [0.15, 0.2) is 0 Å². The molecule has 0 aliphatic carbocycles. The summed E-state index contributed by atoms with van der Waals surface area (Å²) in [6.45, 7) is 4.38. The number of carbonyl (C=O) groups is 1. The molecular formula is C12H16O2S. The minimum Gasteiger partial charge on any atom is -0.481 e. The summed E-state index contributed by atoms with van der Waals surface area (Å²) in [7, 11) is 0. The van der Waals surface area contributed by atoms with E-state index in [0.29, 0.717) is 5.92 Å². The Kier molecular flexibility index (Phi) is 4.69. The minimum absolute atomic E-state index is 0.128. The van der Waals surface area contributed by atoms with Crippen LogP contribution in [0.5, 0.6) is 0 Å². The highest BCUT2D eigenvalue weighted by molar-refractivity contribution is 8.00. The van der Waals surface area contributed by atoms with Gasteiger partial charge in [0.25, 0.3) is 0 Å². The van der Waals surface area contributed by atoms with E-state index in [-0.39, 0.29) is 5.75 Å². The first-order valence-corrected chi connectivity index (χ1v) is 6.00.